The van der Waals surface area contributed by atoms with E-state index in [1.165, 1.54) is 0 Å². The highest BCUT2D eigenvalue weighted by Crippen LogP contribution is 2.28. The first-order valence-corrected chi connectivity index (χ1v) is 6.05. The van der Waals surface area contributed by atoms with Gasteiger partial charge in [-0.15, -0.1) is 0 Å². The van der Waals surface area contributed by atoms with Gasteiger partial charge in [-0.2, -0.15) is 0 Å². The standard InChI is InChI=1S/C12H16N4O/c13-8-2-1-3-9(6-8)16-11-4-5-14-7-10(11)15-12(16)17/h4-5,7-9H,1-3,6,13H2,(H,15,17). The third-order valence-corrected chi connectivity index (χ3v) is 3.57. The van der Waals surface area contributed by atoms with Crippen molar-refractivity contribution in [2.24, 2.45) is 5.73 Å². The second kappa shape index (κ2) is 4.00. The molecule has 0 amide bonds. The van der Waals surface area contributed by atoms with E-state index in [9.17, 15) is 4.79 Å². The van der Waals surface area contributed by atoms with Crippen molar-refractivity contribution in [1.82, 2.24) is 14.5 Å². The Morgan fingerprint density at radius 1 is 1.47 bits per heavy atom. The van der Waals surface area contributed by atoms with E-state index in [0.717, 1.165) is 36.7 Å². The van der Waals surface area contributed by atoms with Gasteiger partial charge in [-0.25, -0.2) is 4.79 Å². The van der Waals surface area contributed by atoms with E-state index in [-0.39, 0.29) is 17.8 Å². The number of hydrogen-bond acceptors (Lipinski definition) is 3. The van der Waals surface area contributed by atoms with Crippen molar-refractivity contribution in [2.45, 2.75) is 37.8 Å². The molecule has 1 saturated carbocycles. The first kappa shape index (κ1) is 10.5. The molecule has 1 aliphatic rings. The van der Waals surface area contributed by atoms with Gasteiger partial charge in [-0.05, 0) is 31.7 Å². The number of pyridine rings is 1. The summed E-state index contributed by atoms with van der Waals surface area (Å²) in [6.07, 6.45) is 7.48. The summed E-state index contributed by atoms with van der Waals surface area (Å²) in [5.74, 6) is 0. The molecule has 5 nitrogen and oxygen atoms in total. The van der Waals surface area contributed by atoms with Crippen LogP contribution in [0.25, 0.3) is 11.0 Å². The lowest BCUT2D eigenvalue weighted by molar-refractivity contribution is 0.320. The molecule has 0 saturated heterocycles. The minimum atomic E-state index is -0.0490. The number of imidazole rings is 1. The van der Waals surface area contributed by atoms with Gasteiger partial charge in [0.25, 0.3) is 0 Å². The predicted molar refractivity (Wildman–Crippen MR) is 65.8 cm³/mol. The maximum absolute atomic E-state index is 12.0. The smallest absolute Gasteiger partial charge is 0.326 e. The van der Waals surface area contributed by atoms with Gasteiger partial charge < -0.3 is 10.7 Å². The Morgan fingerprint density at radius 3 is 3.18 bits per heavy atom. The van der Waals surface area contributed by atoms with E-state index in [4.69, 9.17) is 5.73 Å². The SMILES string of the molecule is NC1CCCC(n2c(=O)[nH]c3cnccc32)C1. The highest BCUT2D eigenvalue weighted by Gasteiger charge is 2.23. The summed E-state index contributed by atoms with van der Waals surface area (Å²) >= 11 is 0. The molecule has 1 fully saturated rings. The summed E-state index contributed by atoms with van der Waals surface area (Å²) in [6, 6.07) is 2.32. The van der Waals surface area contributed by atoms with Gasteiger partial charge in [-0.3, -0.25) is 9.55 Å². The lowest BCUT2D eigenvalue weighted by Crippen LogP contribution is -2.32. The molecule has 0 aromatic carbocycles. The molecular weight excluding hydrogens is 216 g/mol. The Morgan fingerprint density at radius 2 is 2.35 bits per heavy atom. The summed E-state index contributed by atoms with van der Waals surface area (Å²) in [5.41, 5.74) is 7.68. The van der Waals surface area contributed by atoms with E-state index in [0.29, 0.717) is 0 Å². The van der Waals surface area contributed by atoms with Crippen LogP contribution in [0.2, 0.25) is 0 Å². The molecule has 2 atom stereocenters. The lowest BCUT2D eigenvalue weighted by atomic mass is 9.91. The molecule has 2 aromatic rings. The van der Waals surface area contributed by atoms with Gasteiger partial charge in [0.15, 0.2) is 0 Å². The lowest BCUT2D eigenvalue weighted by Gasteiger charge is -2.27. The maximum Gasteiger partial charge on any atom is 0.326 e. The molecule has 0 bridgehead atoms. The van der Waals surface area contributed by atoms with Crippen molar-refractivity contribution in [3.63, 3.8) is 0 Å². The number of nitrogens with one attached hydrogen (secondary N) is 1. The van der Waals surface area contributed by atoms with Gasteiger partial charge in [0.1, 0.15) is 0 Å². The number of fused-ring (bicyclic) bond motifs is 1. The average molecular weight is 232 g/mol. The minimum Gasteiger partial charge on any atom is -0.328 e. The van der Waals surface area contributed by atoms with Crippen LogP contribution in [0.3, 0.4) is 0 Å². The minimum absolute atomic E-state index is 0.0490. The average Bonchev–Trinajstić information content (AvgIpc) is 2.64. The second-order valence-corrected chi connectivity index (χ2v) is 4.77. The Labute approximate surface area is 98.7 Å². The number of nitrogens with zero attached hydrogens (tertiary/aromatic N) is 2. The summed E-state index contributed by atoms with van der Waals surface area (Å²) < 4.78 is 1.84. The first-order chi connectivity index (χ1) is 8.25. The van der Waals surface area contributed by atoms with E-state index in [2.05, 4.69) is 9.97 Å². The normalized spacial score (nSPS) is 25.2. The molecule has 2 aromatic heterocycles. The van der Waals surface area contributed by atoms with Gasteiger partial charge in [0.2, 0.25) is 0 Å². The van der Waals surface area contributed by atoms with Gasteiger partial charge in [-0.1, -0.05) is 0 Å². The summed E-state index contributed by atoms with van der Waals surface area (Å²) in [7, 11) is 0. The molecule has 2 heterocycles. The molecular formula is C12H16N4O. The number of aromatic amines is 1. The zero-order chi connectivity index (χ0) is 11.8. The van der Waals surface area contributed by atoms with Crippen LogP contribution in [0.4, 0.5) is 0 Å². The number of H-pyrrole nitrogens is 1. The van der Waals surface area contributed by atoms with Crippen molar-refractivity contribution in [3.8, 4) is 0 Å². The molecule has 0 spiro atoms. The zero-order valence-electron chi connectivity index (χ0n) is 9.60. The fourth-order valence-electron chi connectivity index (χ4n) is 2.78. The molecule has 5 heteroatoms. The van der Waals surface area contributed by atoms with Crippen LogP contribution in [0, 0.1) is 0 Å². The quantitative estimate of drug-likeness (QED) is 0.774. The molecule has 90 valence electrons. The zero-order valence-corrected chi connectivity index (χ0v) is 9.60. The largest absolute Gasteiger partial charge is 0.328 e. The summed E-state index contributed by atoms with van der Waals surface area (Å²) in [6.45, 7) is 0. The molecule has 17 heavy (non-hydrogen) atoms. The fraction of sp³-hybridized carbons (Fsp3) is 0.500. The van der Waals surface area contributed by atoms with Crippen LogP contribution in [0.5, 0.6) is 0 Å². The predicted octanol–water partition coefficient (Wildman–Crippen LogP) is 1.17. The van der Waals surface area contributed by atoms with Crippen molar-refractivity contribution in [3.05, 3.63) is 28.9 Å². The van der Waals surface area contributed by atoms with E-state index in [1.54, 1.807) is 12.4 Å². The third-order valence-electron chi connectivity index (χ3n) is 3.57. The Kier molecular flexibility index (Phi) is 2.48. The topological polar surface area (TPSA) is 76.7 Å². The number of aromatic nitrogens is 3. The van der Waals surface area contributed by atoms with Crippen molar-refractivity contribution < 1.29 is 0 Å². The first-order valence-electron chi connectivity index (χ1n) is 6.05. The molecule has 3 N–H and O–H groups in total. The van der Waals surface area contributed by atoms with Crippen molar-refractivity contribution in [1.29, 1.82) is 0 Å². The van der Waals surface area contributed by atoms with Crippen LogP contribution < -0.4 is 11.4 Å². The third kappa shape index (κ3) is 1.76. The number of hydrogen-bond donors (Lipinski definition) is 2. The van der Waals surface area contributed by atoms with Gasteiger partial charge in [0, 0.05) is 18.3 Å². The van der Waals surface area contributed by atoms with Crippen LogP contribution in [-0.2, 0) is 0 Å². The van der Waals surface area contributed by atoms with Crippen molar-refractivity contribution in [2.75, 3.05) is 0 Å². The fourth-order valence-corrected chi connectivity index (χ4v) is 2.78. The van der Waals surface area contributed by atoms with Crippen LogP contribution in [-0.4, -0.2) is 20.6 Å². The van der Waals surface area contributed by atoms with E-state index >= 15 is 0 Å². The van der Waals surface area contributed by atoms with E-state index in [1.807, 2.05) is 10.6 Å². The van der Waals surface area contributed by atoms with Crippen LogP contribution in [0.1, 0.15) is 31.7 Å². The maximum atomic E-state index is 12.0. The second-order valence-electron chi connectivity index (χ2n) is 4.77. The molecule has 0 aliphatic heterocycles. The van der Waals surface area contributed by atoms with Gasteiger partial charge >= 0.3 is 5.69 Å². The summed E-state index contributed by atoms with van der Waals surface area (Å²) in [5, 5.41) is 0. The Balaban J connectivity index is 2.10. The Bertz CT molecular complexity index is 585. The molecule has 1 aliphatic carbocycles. The van der Waals surface area contributed by atoms with Gasteiger partial charge in [0.05, 0.1) is 17.2 Å². The van der Waals surface area contributed by atoms with Crippen LogP contribution in [0.15, 0.2) is 23.3 Å². The Hall–Kier alpha value is -1.62. The van der Waals surface area contributed by atoms with Crippen LogP contribution >= 0.6 is 0 Å². The number of rotatable bonds is 1. The van der Waals surface area contributed by atoms with Crippen molar-refractivity contribution >= 4 is 11.0 Å². The van der Waals surface area contributed by atoms with E-state index < -0.39 is 0 Å². The highest BCUT2D eigenvalue weighted by molar-refractivity contribution is 5.73. The number of nitrogens with two attached hydrogens (primary N) is 1. The molecule has 2 unspecified atom stereocenters. The highest BCUT2D eigenvalue weighted by atomic mass is 16.1. The summed E-state index contributed by atoms with van der Waals surface area (Å²) in [4.78, 5) is 18.8. The molecule has 0 radical (unpaired) electrons. The monoisotopic (exact) mass is 232 g/mol. The molecule has 3 rings (SSSR count).